The molecular weight excluding hydrogens is 346 g/mol. The molecule has 2 N–H and O–H groups in total. The molecule has 1 aliphatic heterocycles. The molecule has 0 saturated carbocycles. The average molecular weight is 362 g/mol. The Bertz CT molecular complexity index is 795. The number of carbonyl (C=O) groups is 1. The molecule has 0 radical (unpaired) electrons. The number of ketones is 1. The number of hydrogen-bond donors (Lipinski definition) is 1. The van der Waals surface area contributed by atoms with Crippen molar-refractivity contribution in [1.82, 2.24) is 15.0 Å². The van der Waals surface area contributed by atoms with E-state index in [0.29, 0.717) is 21.6 Å². The van der Waals surface area contributed by atoms with Crippen molar-refractivity contribution in [2.45, 2.75) is 25.3 Å². The van der Waals surface area contributed by atoms with Gasteiger partial charge in [0, 0.05) is 18.1 Å². The Morgan fingerprint density at radius 3 is 2.92 bits per heavy atom. The van der Waals surface area contributed by atoms with E-state index in [1.54, 1.807) is 24.5 Å². The predicted octanol–water partition coefficient (Wildman–Crippen LogP) is 2.62. The number of aromatic nitrogens is 3. The van der Waals surface area contributed by atoms with E-state index in [0.717, 1.165) is 17.9 Å². The maximum absolute atomic E-state index is 12.3. The number of carbonyl (C=O) groups excluding carboxylic acids is 1. The summed E-state index contributed by atoms with van der Waals surface area (Å²) in [6.45, 7) is 1.98. The quantitative estimate of drug-likeness (QED) is 0.841. The summed E-state index contributed by atoms with van der Waals surface area (Å²) in [6, 6.07) is 3.24. The second-order valence-electron chi connectivity index (χ2n) is 5.68. The van der Waals surface area contributed by atoms with Crippen LogP contribution >= 0.6 is 23.4 Å². The van der Waals surface area contributed by atoms with Gasteiger partial charge >= 0.3 is 0 Å². The highest BCUT2D eigenvalue weighted by Gasteiger charge is 2.31. The zero-order chi connectivity index (χ0) is 17.2. The first-order valence-electron chi connectivity index (χ1n) is 7.40. The largest absolute Gasteiger partial charge is 0.379 e. The molecule has 0 aromatic carbocycles. The molecule has 0 fully saturated rings. The van der Waals surface area contributed by atoms with Crippen LogP contribution in [0.15, 0.2) is 35.7 Å². The summed E-state index contributed by atoms with van der Waals surface area (Å²) in [5, 5.41) is 1.05. The van der Waals surface area contributed by atoms with E-state index in [-0.39, 0.29) is 12.2 Å². The van der Waals surface area contributed by atoms with Crippen molar-refractivity contribution in [2.75, 3.05) is 5.75 Å². The van der Waals surface area contributed by atoms with Gasteiger partial charge in [-0.25, -0.2) is 4.99 Å². The summed E-state index contributed by atoms with van der Waals surface area (Å²) >= 11 is 7.32. The summed E-state index contributed by atoms with van der Waals surface area (Å²) in [6.07, 6.45) is 5.67. The molecule has 3 rings (SSSR count). The molecule has 8 heteroatoms. The van der Waals surface area contributed by atoms with Gasteiger partial charge in [-0.2, -0.15) is 0 Å². The van der Waals surface area contributed by atoms with Crippen molar-refractivity contribution < 1.29 is 4.79 Å². The fourth-order valence-electron chi connectivity index (χ4n) is 2.42. The summed E-state index contributed by atoms with van der Waals surface area (Å²) in [5.74, 6) is 0.747. The maximum Gasteiger partial charge on any atom is 0.187 e. The van der Waals surface area contributed by atoms with E-state index in [9.17, 15) is 4.79 Å². The van der Waals surface area contributed by atoms with E-state index >= 15 is 0 Å². The van der Waals surface area contributed by atoms with Crippen molar-refractivity contribution in [3.05, 3.63) is 52.8 Å². The van der Waals surface area contributed by atoms with E-state index in [1.807, 2.05) is 6.92 Å². The number of halogens is 1. The molecule has 0 spiro atoms. The number of hydrogen-bond acceptors (Lipinski definition) is 7. The van der Waals surface area contributed by atoms with Crippen molar-refractivity contribution in [2.24, 2.45) is 10.7 Å². The topological polar surface area (TPSA) is 94.1 Å². The van der Waals surface area contributed by atoms with E-state index in [4.69, 9.17) is 17.3 Å². The molecule has 1 aliphatic rings. The van der Waals surface area contributed by atoms with Gasteiger partial charge in [-0.05, 0) is 25.5 Å². The van der Waals surface area contributed by atoms with Crippen molar-refractivity contribution in [3.8, 4) is 0 Å². The molecule has 3 heterocycles. The van der Waals surface area contributed by atoms with Gasteiger partial charge < -0.3 is 5.73 Å². The van der Waals surface area contributed by atoms with Crippen LogP contribution in [0.3, 0.4) is 0 Å². The number of Topliss-reactive ketones (excluding diaryl/α,β-unsaturated/α-hetero) is 1. The molecule has 1 atom stereocenters. The Labute approximate surface area is 149 Å². The Morgan fingerprint density at radius 1 is 1.38 bits per heavy atom. The fraction of sp³-hybridized carbons (Fsp3) is 0.312. The van der Waals surface area contributed by atoms with Gasteiger partial charge in [0.15, 0.2) is 11.0 Å². The van der Waals surface area contributed by atoms with Crippen molar-refractivity contribution in [3.63, 3.8) is 0 Å². The van der Waals surface area contributed by atoms with Gasteiger partial charge in [-0.1, -0.05) is 23.4 Å². The number of thioether (sulfide) groups is 1. The lowest BCUT2D eigenvalue weighted by atomic mass is 9.95. The molecule has 0 saturated heterocycles. The van der Waals surface area contributed by atoms with Crippen LogP contribution in [-0.4, -0.2) is 31.7 Å². The summed E-state index contributed by atoms with van der Waals surface area (Å²) in [4.78, 5) is 29.7. The Balaban J connectivity index is 1.82. The highest BCUT2D eigenvalue weighted by atomic mass is 35.5. The van der Waals surface area contributed by atoms with Crippen LogP contribution in [0.4, 0.5) is 0 Å². The normalized spacial score (nSPS) is 20.5. The van der Waals surface area contributed by atoms with Crippen LogP contribution in [0.25, 0.3) is 0 Å². The zero-order valence-corrected chi connectivity index (χ0v) is 14.6. The molecule has 0 aliphatic carbocycles. The van der Waals surface area contributed by atoms with Crippen LogP contribution in [0.2, 0.25) is 5.02 Å². The maximum atomic E-state index is 12.3. The molecule has 0 amide bonds. The minimum Gasteiger partial charge on any atom is -0.379 e. The van der Waals surface area contributed by atoms with Crippen LogP contribution in [0.5, 0.6) is 0 Å². The monoisotopic (exact) mass is 361 g/mol. The summed E-state index contributed by atoms with van der Waals surface area (Å²) in [5.41, 5.74) is 7.01. The SMILES string of the molecule is C[C@@]1(c2cncc(CC(=O)c3ccc(Cl)cn3)n2)CCSC(N)=N1. The third-order valence-electron chi connectivity index (χ3n) is 3.79. The number of pyridine rings is 1. The van der Waals surface area contributed by atoms with Crippen molar-refractivity contribution in [1.29, 1.82) is 0 Å². The van der Waals surface area contributed by atoms with Gasteiger partial charge in [0.1, 0.15) is 11.2 Å². The highest BCUT2D eigenvalue weighted by Crippen LogP contribution is 2.33. The van der Waals surface area contributed by atoms with Crippen molar-refractivity contribution >= 4 is 34.3 Å². The van der Waals surface area contributed by atoms with Gasteiger partial charge in [0.05, 0.1) is 29.0 Å². The molecule has 24 heavy (non-hydrogen) atoms. The van der Waals surface area contributed by atoms with Crippen LogP contribution < -0.4 is 5.73 Å². The Kier molecular flexibility index (Phi) is 4.82. The smallest absolute Gasteiger partial charge is 0.187 e. The number of nitrogens with two attached hydrogens (primary N) is 1. The molecular formula is C16H16ClN5OS. The number of amidine groups is 1. The second kappa shape index (κ2) is 6.86. The Hall–Kier alpha value is -1.99. The zero-order valence-electron chi connectivity index (χ0n) is 13.1. The lowest BCUT2D eigenvalue weighted by Crippen LogP contribution is -2.30. The fourth-order valence-corrected chi connectivity index (χ4v) is 3.50. The third-order valence-corrected chi connectivity index (χ3v) is 4.81. The first-order chi connectivity index (χ1) is 11.5. The predicted molar refractivity (Wildman–Crippen MR) is 95.4 cm³/mol. The third kappa shape index (κ3) is 3.73. The first kappa shape index (κ1) is 16.9. The second-order valence-corrected chi connectivity index (χ2v) is 7.23. The lowest BCUT2D eigenvalue weighted by Gasteiger charge is -2.28. The van der Waals surface area contributed by atoms with Crippen LogP contribution in [0, 0.1) is 0 Å². The molecule has 6 nitrogen and oxygen atoms in total. The van der Waals surface area contributed by atoms with Gasteiger partial charge in [0.25, 0.3) is 0 Å². The van der Waals surface area contributed by atoms with E-state index in [1.165, 1.54) is 18.0 Å². The minimum atomic E-state index is -0.500. The van der Waals surface area contributed by atoms with E-state index < -0.39 is 5.54 Å². The van der Waals surface area contributed by atoms with Gasteiger partial charge in [-0.3, -0.25) is 19.7 Å². The molecule has 2 aromatic heterocycles. The highest BCUT2D eigenvalue weighted by molar-refractivity contribution is 8.13. The summed E-state index contributed by atoms with van der Waals surface area (Å²) < 4.78 is 0. The average Bonchev–Trinajstić information content (AvgIpc) is 2.55. The summed E-state index contributed by atoms with van der Waals surface area (Å²) in [7, 11) is 0. The van der Waals surface area contributed by atoms with E-state index in [2.05, 4.69) is 19.9 Å². The number of nitrogens with zero attached hydrogens (tertiary/aromatic N) is 4. The number of aliphatic imine (C=N–C) groups is 1. The molecule has 0 bridgehead atoms. The van der Waals surface area contributed by atoms with Crippen LogP contribution in [-0.2, 0) is 12.0 Å². The van der Waals surface area contributed by atoms with Gasteiger partial charge in [-0.15, -0.1) is 0 Å². The molecule has 2 aromatic rings. The minimum absolute atomic E-state index is 0.125. The molecule has 124 valence electrons. The molecule has 0 unspecified atom stereocenters. The lowest BCUT2D eigenvalue weighted by molar-refractivity contribution is 0.0987. The Morgan fingerprint density at radius 2 is 2.21 bits per heavy atom. The first-order valence-corrected chi connectivity index (χ1v) is 8.77. The van der Waals surface area contributed by atoms with Gasteiger partial charge in [0.2, 0.25) is 0 Å². The number of rotatable bonds is 4. The van der Waals surface area contributed by atoms with Crippen LogP contribution in [0.1, 0.15) is 35.2 Å². The standard InChI is InChI=1S/C16H16ClN5OS/c1-16(4-5-24-15(18)22-16)14-9-19-8-11(21-14)6-13(23)12-3-2-10(17)7-20-12/h2-3,7-9H,4-6H2,1H3,(H2,18,22)/t16-/m0/s1.